The van der Waals surface area contributed by atoms with Crippen molar-refractivity contribution in [3.8, 4) is 5.75 Å². The molecule has 0 aliphatic heterocycles. The third-order valence-corrected chi connectivity index (χ3v) is 1.29. The van der Waals surface area contributed by atoms with Gasteiger partial charge in [-0.25, -0.2) is 8.78 Å². The summed E-state index contributed by atoms with van der Waals surface area (Å²) in [7, 11) is 0. The monoisotopic (exact) mass is 172 g/mol. The molecule has 1 rings (SSSR count). The average Bonchev–Trinajstić information content (AvgIpc) is 2.03. The maximum atomic E-state index is 12.4. The Morgan fingerprint density at radius 3 is 2.42 bits per heavy atom. The normalized spacial score (nSPS) is 12.6. The highest BCUT2D eigenvalue weighted by Gasteiger charge is 1.99. The highest BCUT2D eigenvalue weighted by Crippen LogP contribution is 2.11. The maximum absolute atomic E-state index is 12.4. The molecule has 1 unspecified atom stereocenters. The Labute approximate surface area is 70.0 Å². The van der Waals surface area contributed by atoms with Gasteiger partial charge in [-0.2, -0.15) is 0 Å². The van der Waals surface area contributed by atoms with Crippen molar-refractivity contribution in [3.63, 3.8) is 0 Å². The fraction of sp³-hybridized carbons (Fsp3) is 0.333. The third-order valence-electron chi connectivity index (χ3n) is 1.29. The number of halogens is 2. The highest BCUT2D eigenvalue weighted by molar-refractivity contribution is 5.21. The molecule has 66 valence electrons. The zero-order valence-corrected chi connectivity index (χ0v) is 6.76. The van der Waals surface area contributed by atoms with Gasteiger partial charge >= 0.3 is 0 Å². The quantitative estimate of drug-likeness (QED) is 0.680. The number of ether oxygens (including phenoxy) is 1. The Morgan fingerprint density at radius 2 is 1.92 bits per heavy atom. The van der Waals surface area contributed by atoms with Gasteiger partial charge in [-0.05, 0) is 31.2 Å². The van der Waals surface area contributed by atoms with E-state index in [1.807, 2.05) is 0 Å². The summed E-state index contributed by atoms with van der Waals surface area (Å²) < 4.78 is 29.6. The van der Waals surface area contributed by atoms with Crippen LogP contribution in [0.4, 0.5) is 8.78 Å². The molecular formula is C9H10F2O. The minimum absolute atomic E-state index is 0.00559. The molecule has 0 amide bonds. The fourth-order valence-electron chi connectivity index (χ4n) is 0.742. The molecule has 1 aromatic rings. The smallest absolute Gasteiger partial charge is 0.131 e. The number of hydrogen-bond donors (Lipinski definition) is 0. The van der Waals surface area contributed by atoms with E-state index in [0.717, 1.165) is 0 Å². The molecule has 0 saturated heterocycles. The van der Waals surface area contributed by atoms with Crippen LogP contribution in [0.3, 0.4) is 0 Å². The first-order chi connectivity index (χ1) is 5.68. The summed E-state index contributed by atoms with van der Waals surface area (Å²) in [6, 6.07) is 5.49. The minimum atomic E-state index is -1.00. The summed E-state index contributed by atoms with van der Waals surface area (Å²) in [6.45, 7) is 1.41. The standard InChI is InChI=1S/C9H10F2O/c1-7(10)6-12-9-4-2-8(11)3-5-9/h2-5,7H,6H2,1H3. The van der Waals surface area contributed by atoms with Crippen molar-refractivity contribution in [2.45, 2.75) is 13.1 Å². The number of rotatable bonds is 3. The Bertz CT molecular complexity index is 231. The molecule has 3 heteroatoms. The van der Waals surface area contributed by atoms with Crippen LogP contribution in [0.2, 0.25) is 0 Å². The van der Waals surface area contributed by atoms with Crippen molar-refractivity contribution in [2.75, 3.05) is 6.61 Å². The lowest BCUT2D eigenvalue weighted by Crippen LogP contribution is -2.08. The predicted octanol–water partition coefficient (Wildman–Crippen LogP) is 2.56. The maximum Gasteiger partial charge on any atom is 0.131 e. The van der Waals surface area contributed by atoms with Gasteiger partial charge < -0.3 is 4.74 Å². The molecule has 1 nitrogen and oxygen atoms in total. The molecule has 0 saturated carbocycles. The lowest BCUT2D eigenvalue weighted by atomic mass is 10.3. The lowest BCUT2D eigenvalue weighted by molar-refractivity contribution is 0.209. The summed E-state index contributed by atoms with van der Waals surface area (Å²) in [5.41, 5.74) is 0. The van der Waals surface area contributed by atoms with Gasteiger partial charge in [0.25, 0.3) is 0 Å². The van der Waals surface area contributed by atoms with Gasteiger partial charge in [-0.1, -0.05) is 0 Å². The van der Waals surface area contributed by atoms with Crippen molar-refractivity contribution in [1.82, 2.24) is 0 Å². The molecule has 0 fully saturated rings. The third kappa shape index (κ3) is 2.86. The summed E-state index contributed by atoms with van der Waals surface area (Å²) >= 11 is 0. The zero-order valence-electron chi connectivity index (χ0n) is 6.76. The fourth-order valence-corrected chi connectivity index (χ4v) is 0.742. The van der Waals surface area contributed by atoms with E-state index in [0.29, 0.717) is 5.75 Å². The van der Waals surface area contributed by atoms with Gasteiger partial charge in [0.1, 0.15) is 24.3 Å². The first-order valence-corrected chi connectivity index (χ1v) is 3.71. The SMILES string of the molecule is CC(F)COc1ccc(F)cc1. The zero-order chi connectivity index (χ0) is 8.97. The van der Waals surface area contributed by atoms with E-state index in [4.69, 9.17) is 4.74 Å². The lowest BCUT2D eigenvalue weighted by Gasteiger charge is -2.05. The van der Waals surface area contributed by atoms with Gasteiger partial charge in [0, 0.05) is 0 Å². The molecule has 0 bridgehead atoms. The summed E-state index contributed by atoms with van der Waals surface area (Å²) in [5, 5.41) is 0. The van der Waals surface area contributed by atoms with E-state index in [2.05, 4.69) is 0 Å². The largest absolute Gasteiger partial charge is 0.491 e. The average molecular weight is 172 g/mol. The molecule has 0 aliphatic carbocycles. The van der Waals surface area contributed by atoms with Crippen LogP contribution in [0, 0.1) is 5.82 Å². The predicted molar refractivity (Wildman–Crippen MR) is 42.5 cm³/mol. The molecule has 0 heterocycles. The van der Waals surface area contributed by atoms with Crippen LogP contribution >= 0.6 is 0 Å². The summed E-state index contributed by atoms with van der Waals surface area (Å²) in [6.07, 6.45) is -1.00. The van der Waals surface area contributed by atoms with Crippen LogP contribution in [0.5, 0.6) is 5.75 Å². The van der Waals surface area contributed by atoms with Crippen molar-refractivity contribution in [3.05, 3.63) is 30.1 Å². The number of benzene rings is 1. The van der Waals surface area contributed by atoms with Crippen LogP contribution in [0.15, 0.2) is 24.3 Å². The van der Waals surface area contributed by atoms with Crippen LogP contribution in [-0.2, 0) is 0 Å². The van der Waals surface area contributed by atoms with Gasteiger partial charge in [0.05, 0.1) is 0 Å². The number of alkyl halides is 1. The molecule has 0 aromatic heterocycles. The first-order valence-electron chi connectivity index (χ1n) is 3.71. The van der Waals surface area contributed by atoms with Crippen LogP contribution in [-0.4, -0.2) is 12.8 Å². The van der Waals surface area contributed by atoms with Gasteiger partial charge in [-0.3, -0.25) is 0 Å². The second kappa shape index (κ2) is 4.04. The van der Waals surface area contributed by atoms with Crippen LogP contribution < -0.4 is 4.74 Å². The van der Waals surface area contributed by atoms with Gasteiger partial charge in [-0.15, -0.1) is 0 Å². The number of hydrogen-bond acceptors (Lipinski definition) is 1. The van der Waals surface area contributed by atoms with E-state index >= 15 is 0 Å². The van der Waals surface area contributed by atoms with E-state index < -0.39 is 6.17 Å². The first kappa shape index (κ1) is 8.97. The van der Waals surface area contributed by atoms with E-state index in [-0.39, 0.29) is 12.4 Å². The molecule has 0 aliphatic rings. The molecule has 1 aromatic carbocycles. The topological polar surface area (TPSA) is 9.23 Å². The van der Waals surface area contributed by atoms with E-state index in [9.17, 15) is 8.78 Å². The Hall–Kier alpha value is -1.12. The van der Waals surface area contributed by atoms with E-state index in [1.165, 1.54) is 31.2 Å². The Kier molecular flexibility index (Phi) is 3.02. The summed E-state index contributed by atoms with van der Waals surface area (Å²) in [5.74, 6) is 0.163. The molecular weight excluding hydrogens is 162 g/mol. The van der Waals surface area contributed by atoms with Crippen molar-refractivity contribution >= 4 is 0 Å². The van der Waals surface area contributed by atoms with Crippen molar-refractivity contribution < 1.29 is 13.5 Å². The summed E-state index contributed by atoms with van der Waals surface area (Å²) in [4.78, 5) is 0. The Morgan fingerprint density at radius 1 is 1.33 bits per heavy atom. The Balaban J connectivity index is 2.48. The second-order valence-electron chi connectivity index (χ2n) is 2.55. The molecule has 0 N–H and O–H groups in total. The molecule has 12 heavy (non-hydrogen) atoms. The van der Waals surface area contributed by atoms with Gasteiger partial charge in [0.2, 0.25) is 0 Å². The van der Waals surface area contributed by atoms with E-state index in [1.54, 1.807) is 0 Å². The van der Waals surface area contributed by atoms with Crippen LogP contribution in [0.25, 0.3) is 0 Å². The van der Waals surface area contributed by atoms with Crippen molar-refractivity contribution in [2.24, 2.45) is 0 Å². The molecule has 0 spiro atoms. The molecule has 1 atom stereocenters. The minimum Gasteiger partial charge on any atom is -0.491 e. The second-order valence-corrected chi connectivity index (χ2v) is 2.55. The van der Waals surface area contributed by atoms with Crippen molar-refractivity contribution in [1.29, 1.82) is 0 Å². The highest BCUT2D eigenvalue weighted by atomic mass is 19.1. The van der Waals surface area contributed by atoms with Gasteiger partial charge in [0.15, 0.2) is 0 Å². The molecule has 0 radical (unpaired) electrons. The van der Waals surface area contributed by atoms with Crippen LogP contribution in [0.1, 0.15) is 6.92 Å².